The molecule has 0 heterocycles. The van der Waals surface area contributed by atoms with Crippen molar-refractivity contribution in [1.82, 2.24) is 5.32 Å². The molecule has 21 heavy (non-hydrogen) atoms. The summed E-state index contributed by atoms with van der Waals surface area (Å²) in [4.78, 5) is 0. The van der Waals surface area contributed by atoms with E-state index in [2.05, 4.69) is 24.4 Å². The Kier molecular flexibility index (Phi) is 4.97. The highest BCUT2D eigenvalue weighted by Gasteiger charge is 2.15. The first-order valence-corrected chi connectivity index (χ1v) is 7.12. The molecular formula is C18H22FNO. The minimum Gasteiger partial charge on any atom is -0.496 e. The van der Waals surface area contributed by atoms with Gasteiger partial charge in [0.1, 0.15) is 11.6 Å². The second-order valence-corrected chi connectivity index (χ2v) is 5.35. The Morgan fingerprint density at radius 3 is 2.33 bits per heavy atom. The molecule has 0 bridgehead atoms. The summed E-state index contributed by atoms with van der Waals surface area (Å²) in [5.74, 6) is 0.712. The molecule has 0 fully saturated rings. The van der Waals surface area contributed by atoms with Gasteiger partial charge in [-0.3, -0.25) is 0 Å². The monoisotopic (exact) mass is 287 g/mol. The van der Waals surface area contributed by atoms with E-state index in [0.717, 1.165) is 23.3 Å². The largest absolute Gasteiger partial charge is 0.496 e. The van der Waals surface area contributed by atoms with Crippen LogP contribution in [0.15, 0.2) is 36.4 Å². The summed E-state index contributed by atoms with van der Waals surface area (Å²) >= 11 is 0. The predicted octanol–water partition coefficient (Wildman–Crippen LogP) is 3.95. The summed E-state index contributed by atoms with van der Waals surface area (Å²) in [6.07, 6.45) is 0.823. The highest BCUT2D eigenvalue weighted by atomic mass is 19.1. The molecular weight excluding hydrogens is 265 g/mol. The van der Waals surface area contributed by atoms with Crippen LogP contribution in [0.4, 0.5) is 4.39 Å². The molecule has 0 saturated carbocycles. The second kappa shape index (κ2) is 6.72. The zero-order valence-corrected chi connectivity index (χ0v) is 13.0. The molecule has 2 aromatic carbocycles. The first-order valence-electron chi connectivity index (χ1n) is 7.12. The van der Waals surface area contributed by atoms with Crippen LogP contribution in [0.1, 0.15) is 28.3 Å². The normalized spacial score (nSPS) is 12.2. The lowest BCUT2D eigenvalue weighted by atomic mass is 9.93. The SMILES string of the molecule is CNC(Cc1ccc(F)cc1)c1cc(C)c(OC)cc1C. The highest BCUT2D eigenvalue weighted by molar-refractivity contribution is 5.43. The van der Waals surface area contributed by atoms with Crippen LogP contribution < -0.4 is 10.1 Å². The Morgan fingerprint density at radius 1 is 1.10 bits per heavy atom. The van der Waals surface area contributed by atoms with E-state index in [1.54, 1.807) is 7.11 Å². The van der Waals surface area contributed by atoms with Crippen molar-refractivity contribution < 1.29 is 9.13 Å². The molecule has 1 unspecified atom stereocenters. The van der Waals surface area contributed by atoms with Crippen LogP contribution in [0.3, 0.4) is 0 Å². The molecule has 0 amide bonds. The Morgan fingerprint density at radius 2 is 1.76 bits per heavy atom. The number of methoxy groups -OCH3 is 1. The van der Waals surface area contributed by atoms with Crippen LogP contribution in [0, 0.1) is 19.7 Å². The quantitative estimate of drug-likeness (QED) is 0.899. The molecule has 112 valence electrons. The van der Waals surface area contributed by atoms with Gasteiger partial charge >= 0.3 is 0 Å². The molecule has 0 aliphatic rings. The predicted molar refractivity (Wildman–Crippen MR) is 84.4 cm³/mol. The number of hydrogen-bond donors (Lipinski definition) is 1. The van der Waals surface area contributed by atoms with Gasteiger partial charge in [-0.05, 0) is 67.8 Å². The first kappa shape index (κ1) is 15.5. The fourth-order valence-corrected chi connectivity index (χ4v) is 2.63. The fraction of sp³-hybridized carbons (Fsp3) is 0.333. The van der Waals surface area contributed by atoms with Crippen LogP contribution in [0.2, 0.25) is 0 Å². The van der Waals surface area contributed by atoms with Gasteiger partial charge in [0.15, 0.2) is 0 Å². The lowest BCUT2D eigenvalue weighted by molar-refractivity contribution is 0.410. The van der Waals surface area contributed by atoms with Gasteiger partial charge in [-0.2, -0.15) is 0 Å². The van der Waals surface area contributed by atoms with Crippen molar-refractivity contribution in [2.24, 2.45) is 0 Å². The molecule has 0 aliphatic heterocycles. The van der Waals surface area contributed by atoms with Crippen molar-refractivity contribution in [2.75, 3.05) is 14.2 Å². The number of hydrogen-bond acceptors (Lipinski definition) is 2. The van der Waals surface area contributed by atoms with E-state index in [-0.39, 0.29) is 11.9 Å². The maximum absolute atomic E-state index is 13.0. The minimum absolute atomic E-state index is 0.195. The maximum atomic E-state index is 13.0. The number of aryl methyl sites for hydroxylation is 2. The molecule has 2 nitrogen and oxygen atoms in total. The van der Waals surface area contributed by atoms with Gasteiger partial charge < -0.3 is 10.1 Å². The Hall–Kier alpha value is -1.87. The van der Waals surface area contributed by atoms with Crippen molar-refractivity contribution in [3.05, 3.63) is 64.5 Å². The van der Waals surface area contributed by atoms with E-state index in [0.29, 0.717) is 0 Å². The van der Waals surface area contributed by atoms with E-state index < -0.39 is 0 Å². The Balaban J connectivity index is 2.29. The Bertz CT molecular complexity index is 607. The van der Waals surface area contributed by atoms with Crippen LogP contribution in [0.5, 0.6) is 5.75 Å². The zero-order valence-electron chi connectivity index (χ0n) is 13.0. The molecule has 0 radical (unpaired) electrons. The van der Waals surface area contributed by atoms with Crippen molar-refractivity contribution in [2.45, 2.75) is 26.3 Å². The van der Waals surface area contributed by atoms with E-state index in [1.165, 1.54) is 23.3 Å². The number of benzene rings is 2. The molecule has 2 rings (SSSR count). The molecule has 1 N–H and O–H groups in total. The molecule has 0 spiro atoms. The van der Waals surface area contributed by atoms with Crippen molar-refractivity contribution >= 4 is 0 Å². The highest BCUT2D eigenvalue weighted by Crippen LogP contribution is 2.28. The third-order valence-corrected chi connectivity index (χ3v) is 3.86. The topological polar surface area (TPSA) is 21.3 Å². The molecule has 2 aromatic rings. The molecule has 0 aromatic heterocycles. The second-order valence-electron chi connectivity index (χ2n) is 5.35. The summed E-state index contributed by atoms with van der Waals surface area (Å²) in [7, 11) is 3.64. The van der Waals surface area contributed by atoms with Gasteiger partial charge in [-0.25, -0.2) is 4.39 Å². The van der Waals surface area contributed by atoms with E-state index in [1.807, 2.05) is 26.1 Å². The minimum atomic E-state index is -0.198. The number of likely N-dealkylation sites (N-methyl/N-ethyl adjacent to an activating group) is 1. The lowest BCUT2D eigenvalue weighted by Crippen LogP contribution is -2.20. The van der Waals surface area contributed by atoms with E-state index in [9.17, 15) is 4.39 Å². The van der Waals surface area contributed by atoms with Crippen LogP contribution in [-0.2, 0) is 6.42 Å². The lowest BCUT2D eigenvalue weighted by Gasteiger charge is -2.21. The zero-order chi connectivity index (χ0) is 15.4. The number of rotatable bonds is 5. The van der Waals surface area contributed by atoms with Gasteiger partial charge in [-0.1, -0.05) is 18.2 Å². The van der Waals surface area contributed by atoms with Crippen molar-refractivity contribution in [3.8, 4) is 5.75 Å². The third-order valence-electron chi connectivity index (χ3n) is 3.86. The molecule has 0 aliphatic carbocycles. The summed E-state index contributed by atoms with van der Waals surface area (Å²) in [5.41, 5.74) is 4.68. The Labute approximate surface area is 126 Å². The molecule has 1 atom stereocenters. The average molecular weight is 287 g/mol. The van der Waals surface area contributed by atoms with Gasteiger partial charge in [0.2, 0.25) is 0 Å². The van der Waals surface area contributed by atoms with Gasteiger partial charge in [-0.15, -0.1) is 0 Å². The molecule has 3 heteroatoms. The van der Waals surface area contributed by atoms with E-state index in [4.69, 9.17) is 4.74 Å². The summed E-state index contributed by atoms with van der Waals surface area (Å²) in [5, 5.41) is 3.35. The van der Waals surface area contributed by atoms with E-state index >= 15 is 0 Å². The smallest absolute Gasteiger partial charge is 0.123 e. The maximum Gasteiger partial charge on any atom is 0.123 e. The van der Waals surface area contributed by atoms with Crippen molar-refractivity contribution in [3.63, 3.8) is 0 Å². The average Bonchev–Trinajstić information content (AvgIpc) is 2.49. The van der Waals surface area contributed by atoms with Gasteiger partial charge in [0.05, 0.1) is 7.11 Å². The van der Waals surface area contributed by atoms with Gasteiger partial charge in [0, 0.05) is 6.04 Å². The van der Waals surface area contributed by atoms with Crippen LogP contribution in [0.25, 0.3) is 0 Å². The standard InChI is InChI=1S/C18H22FNO/c1-12-10-18(21-4)13(2)9-16(12)17(20-3)11-14-5-7-15(19)8-6-14/h5-10,17,20H,11H2,1-4H3. The summed E-state index contributed by atoms with van der Waals surface area (Å²) in [6.45, 7) is 4.14. The third kappa shape index (κ3) is 3.61. The van der Waals surface area contributed by atoms with Crippen molar-refractivity contribution in [1.29, 1.82) is 0 Å². The number of nitrogens with one attached hydrogen (secondary N) is 1. The fourth-order valence-electron chi connectivity index (χ4n) is 2.63. The number of halogens is 1. The van der Waals surface area contributed by atoms with Crippen LogP contribution >= 0.6 is 0 Å². The first-order chi connectivity index (χ1) is 10.0. The van der Waals surface area contributed by atoms with Crippen LogP contribution in [-0.4, -0.2) is 14.2 Å². The number of ether oxygens (including phenoxy) is 1. The molecule has 0 saturated heterocycles. The summed E-state index contributed by atoms with van der Waals surface area (Å²) in [6, 6.07) is 11.1. The summed E-state index contributed by atoms with van der Waals surface area (Å²) < 4.78 is 18.4. The van der Waals surface area contributed by atoms with Gasteiger partial charge in [0.25, 0.3) is 0 Å².